The molecule has 0 aromatic heterocycles. The lowest BCUT2D eigenvalue weighted by molar-refractivity contribution is -0.905. The number of carboxylic acid groups (broad SMARTS) is 1. The number of nitrogens with one attached hydrogen (secondary N) is 2. The normalized spacial score (nSPS) is 14.3. The highest BCUT2D eigenvalue weighted by Crippen LogP contribution is 2.02. The molecule has 0 rings (SSSR count). The van der Waals surface area contributed by atoms with Crippen molar-refractivity contribution in [1.29, 1.82) is 0 Å². The monoisotopic (exact) mass is 228 g/mol. The number of carboxylic acids is 1. The van der Waals surface area contributed by atoms with Gasteiger partial charge in [-0.05, 0) is 13.8 Å². The Balaban J connectivity index is 4.31. The van der Waals surface area contributed by atoms with Crippen molar-refractivity contribution in [1.82, 2.24) is 5.32 Å². The average Bonchev–Trinajstić information content (AvgIpc) is 2.16. The molecule has 1 atom stereocenters. The molecule has 0 aromatic carbocycles. The molecule has 0 aliphatic carbocycles. The summed E-state index contributed by atoms with van der Waals surface area (Å²) in [7, 11) is 3.49. The van der Waals surface area contributed by atoms with Gasteiger partial charge in [0.1, 0.15) is 11.5 Å². The van der Waals surface area contributed by atoms with Crippen molar-refractivity contribution in [2.45, 2.75) is 25.8 Å². The van der Waals surface area contributed by atoms with E-state index in [0.717, 1.165) is 4.90 Å². The van der Waals surface area contributed by atoms with E-state index in [1.54, 1.807) is 27.9 Å². The molecule has 0 aromatic rings. The lowest BCUT2D eigenvalue weighted by Gasteiger charge is -2.34. The van der Waals surface area contributed by atoms with Crippen LogP contribution >= 0.6 is 0 Å². The Bertz CT molecular complexity index is 300. The summed E-state index contributed by atoms with van der Waals surface area (Å²) in [5, 5.41) is 13.6. The molecule has 0 fully saturated rings. The summed E-state index contributed by atoms with van der Waals surface area (Å²) in [5.41, 5.74) is -0.588. The summed E-state index contributed by atoms with van der Waals surface area (Å²) in [5.74, 6) is -1.37. The van der Waals surface area contributed by atoms with Gasteiger partial charge in [-0.15, -0.1) is 0 Å². The van der Waals surface area contributed by atoms with Crippen molar-refractivity contribution in [3.8, 4) is 0 Å². The van der Waals surface area contributed by atoms with Crippen molar-refractivity contribution >= 4 is 11.9 Å². The molecular weight excluding hydrogens is 208 g/mol. The van der Waals surface area contributed by atoms with Crippen molar-refractivity contribution in [3.05, 3.63) is 12.2 Å². The summed E-state index contributed by atoms with van der Waals surface area (Å²) in [6.07, 6.45) is 0.316. The minimum Gasteiger partial charge on any atom is -0.544 e. The SMILES string of the molecule is C=C(C)C(=O)NCCC(C)(C(=O)[O-])[NH+](C)C. The van der Waals surface area contributed by atoms with Crippen LogP contribution in [-0.4, -0.2) is 38.1 Å². The number of carbonyl (C=O) groups excluding carboxylic acids is 2. The van der Waals surface area contributed by atoms with Crippen molar-refractivity contribution in [3.63, 3.8) is 0 Å². The van der Waals surface area contributed by atoms with Gasteiger partial charge in [-0.3, -0.25) is 4.79 Å². The lowest BCUT2D eigenvalue weighted by atomic mass is 9.96. The molecule has 0 radical (unpaired) electrons. The van der Waals surface area contributed by atoms with Crippen LogP contribution in [-0.2, 0) is 9.59 Å². The van der Waals surface area contributed by atoms with Crippen LogP contribution in [0.25, 0.3) is 0 Å². The third-order valence-corrected chi connectivity index (χ3v) is 2.85. The molecule has 1 unspecified atom stereocenters. The van der Waals surface area contributed by atoms with Gasteiger partial charge < -0.3 is 20.1 Å². The molecule has 1 amide bonds. The summed E-state index contributed by atoms with van der Waals surface area (Å²) < 4.78 is 0. The molecule has 0 heterocycles. The highest BCUT2D eigenvalue weighted by molar-refractivity contribution is 5.92. The Morgan fingerprint density at radius 2 is 1.94 bits per heavy atom. The molecule has 0 spiro atoms. The van der Waals surface area contributed by atoms with Gasteiger partial charge in [0.15, 0.2) is 0 Å². The fourth-order valence-electron chi connectivity index (χ4n) is 1.13. The van der Waals surface area contributed by atoms with Crippen molar-refractivity contribution in [2.75, 3.05) is 20.6 Å². The van der Waals surface area contributed by atoms with Crippen LogP contribution in [0.2, 0.25) is 0 Å². The summed E-state index contributed by atoms with van der Waals surface area (Å²) in [4.78, 5) is 23.0. The molecule has 5 heteroatoms. The highest BCUT2D eigenvalue weighted by Gasteiger charge is 2.32. The van der Waals surface area contributed by atoms with E-state index in [1.165, 1.54) is 0 Å². The van der Waals surface area contributed by atoms with Gasteiger partial charge in [0.2, 0.25) is 5.91 Å². The quantitative estimate of drug-likeness (QED) is 0.503. The molecular formula is C11H20N2O3. The van der Waals surface area contributed by atoms with Gasteiger partial charge >= 0.3 is 0 Å². The fraction of sp³-hybridized carbons (Fsp3) is 0.636. The molecule has 16 heavy (non-hydrogen) atoms. The molecule has 0 saturated carbocycles. The molecule has 5 nitrogen and oxygen atoms in total. The van der Waals surface area contributed by atoms with E-state index in [-0.39, 0.29) is 5.91 Å². The van der Waals surface area contributed by atoms with Crippen LogP contribution in [0.5, 0.6) is 0 Å². The van der Waals surface area contributed by atoms with Gasteiger partial charge in [-0.1, -0.05) is 6.58 Å². The second-order valence-corrected chi connectivity index (χ2v) is 4.41. The Morgan fingerprint density at radius 3 is 2.25 bits per heavy atom. The maximum Gasteiger partial charge on any atom is 0.246 e. The third kappa shape index (κ3) is 3.66. The first-order chi connectivity index (χ1) is 7.21. The molecule has 0 saturated heterocycles. The van der Waals surface area contributed by atoms with E-state index >= 15 is 0 Å². The van der Waals surface area contributed by atoms with E-state index in [9.17, 15) is 14.7 Å². The van der Waals surface area contributed by atoms with Crippen molar-refractivity contribution < 1.29 is 19.6 Å². The Hall–Kier alpha value is -1.36. The topological polar surface area (TPSA) is 73.7 Å². The standard InChI is InChI=1S/C11H20N2O3/c1-8(2)9(14)12-7-6-11(3,10(15)16)13(4)5/h1,6-7H2,2-5H3,(H,12,14)(H,15,16). The van der Waals surface area contributed by atoms with E-state index < -0.39 is 11.5 Å². The van der Waals surface area contributed by atoms with E-state index in [0.29, 0.717) is 18.5 Å². The van der Waals surface area contributed by atoms with Crippen LogP contribution in [0.1, 0.15) is 20.3 Å². The minimum atomic E-state index is -1.11. The van der Waals surface area contributed by atoms with Crippen molar-refractivity contribution in [2.24, 2.45) is 0 Å². The Morgan fingerprint density at radius 1 is 1.44 bits per heavy atom. The average molecular weight is 228 g/mol. The zero-order valence-corrected chi connectivity index (χ0v) is 10.3. The van der Waals surface area contributed by atoms with Crippen LogP contribution in [0.4, 0.5) is 0 Å². The maximum absolute atomic E-state index is 11.2. The number of hydrogen-bond acceptors (Lipinski definition) is 3. The number of rotatable bonds is 6. The van der Waals surface area contributed by atoms with Gasteiger partial charge in [-0.25, -0.2) is 0 Å². The first-order valence-electron chi connectivity index (χ1n) is 5.17. The van der Waals surface area contributed by atoms with Crippen LogP contribution in [0, 0.1) is 0 Å². The van der Waals surface area contributed by atoms with Gasteiger partial charge in [0.25, 0.3) is 0 Å². The fourth-order valence-corrected chi connectivity index (χ4v) is 1.13. The number of carbonyl (C=O) groups is 2. The third-order valence-electron chi connectivity index (χ3n) is 2.85. The van der Waals surface area contributed by atoms with E-state index in [2.05, 4.69) is 11.9 Å². The molecule has 2 N–H and O–H groups in total. The summed E-state index contributed by atoms with van der Waals surface area (Å²) in [6, 6.07) is 0. The number of likely N-dealkylation sites (N-methyl/N-ethyl adjacent to an activating group) is 1. The number of aliphatic carboxylic acids is 1. The second kappa shape index (κ2) is 5.65. The van der Waals surface area contributed by atoms with E-state index in [4.69, 9.17) is 0 Å². The molecule has 0 aliphatic heterocycles. The van der Waals surface area contributed by atoms with E-state index in [1.807, 2.05) is 0 Å². The zero-order valence-electron chi connectivity index (χ0n) is 10.3. The smallest absolute Gasteiger partial charge is 0.246 e. The molecule has 92 valence electrons. The lowest BCUT2D eigenvalue weighted by Crippen LogP contribution is -3.16. The largest absolute Gasteiger partial charge is 0.544 e. The van der Waals surface area contributed by atoms with Crippen LogP contribution < -0.4 is 15.3 Å². The first kappa shape index (κ1) is 14.6. The Labute approximate surface area is 96.1 Å². The summed E-state index contributed by atoms with van der Waals surface area (Å²) >= 11 is 0. The number of amides is 1. The minimum absolute atomic E-state index is 0.255. The zero-order chi connectivity index (χ0) is 12.9. The van der Waals surface area contributed by atoms with Gasteiger partial charge in [0, 0.05) is 18.5 Å². The second-order valence-electron chi connectivity index (χ2n) is 4.41. The predicted molar refractivity (Wildman–Crippen MR) is 58.7 cm³/mol. The molecule has 0 bridgehead atoms. The Kier molecular flexibility index (Phi) is 5.17. The summed E-state index contributed by atoms with van der Waals surface area (Å²) in [6.45, 7) is 6.99. The van der Waals surface area contributed by atoms with Gasteiger partial charge in [0.05, 0.1) is 14.1 Å². The number of quaternary nitrogens is 1. The number of hydrogen-bond donors (Lipinski definition) is 2. The molecule has 0 aliphatic rings. The van der Waals surface area contributed by atoms with Crippen LogP contribution in [0.15, 0.2) is 12.2 Å². The maximum atomic E-state index is 11.2. The highest BCUT2D eigenvalue weighted by atomic mass is 16.4. The van der Waals surface area contributed by atoms with Gasteiger partial charge in [-0.2, -0.15) is 0 Å². The predicted octanol–water partition coefficient (Wildman–Crippen LogP) is -2.28. The van der Waals surface area contributed by atoms with Crippen LogP contribution in [0.3, 0.4) is 0 Å². The first-order valence-corrected chi connectivity index (χ1v) is 5.17.